The quantitative estimate of drug-likeness (QED) is 0.817. The van der Waals surface area contributed by atoms with Gasteiger partial charge in [0.15, 0.2) is 0 Å². The first-order valence-electron chi connectivity index (χ1n) is 8.57. The van der Waals surface area contributed by atoms with E-state index >= 15 is 0 Å². The topological polar surface area (TPSA) is 88.3 Å². The summed E-state index contributed by atoms with van der Waals surface area (Å²) in [6.45, 7) is 1.92. The molecule has 1 aromatic heterocycles. The molecule has 0 bridgehead atoms. The first-order chi connectivity index (χ1) is 12.6. The highest BCUT2D eigenvalue weighted by molar-refractivity contribution is 7.13. The summed E-state index contributed by atoms with van der Waals surface area (Å²) in [6, 6.07) is 7.40. The minimum atomic E-state index is -0.190. The summed E-state index contributed by atoms with van der Waals surface area (Å²) >= 11 is 7.44. The van der Waals surface area contributed by atoms with Crippen LogP contribution in [-0.2, 0) is 4.79 Å². The number of rotatable bonds is 5. The van der Waals surface area contributed by atoms with E-state index in [1.54, 1.807) is 16.3 Å². The van der Waals surface area contributed by atoms with Crippen LogP contribution in [0.3, 0.4) is 0 Å². The summed E-state index contributed by atoms with van der Waals surface area (Å²) in [6.07, 6.45) is 1.59. The minimum absolute atomic E-state index is 0.0363. The molecule has 2 heterocycles. The highest BCUT2D eigenvalue weighted by Crippen LogP contribution is 2.27. The molecule has 3 rings (SSSR count). The number of carbonyl (C=O) groups is 2. The number of hydrogen-bond donors (Lipinski definition) is 2. The molecule has 0 spiro atoms. The predicted molar refractivity (Wildman–Crippen MR) is 103 cm³/mol. The lowest BCUT2D eigenvalue weighted by atomic mass is 9.97. The van der Waals surface area contributed by atoms with Crippen molar-refractivity contribution in [1.29, 1.82) is 0 Å². The second-order valence-electron chi connectivity index (χ2n) is 6.22. The van der Waals surface area contributed by atoms with E-state index in [2.05, 4.69) is 10.3 Å². The van der Waals surface area contributed by atoms with E-state index < -0.39 is 0 Å². The van der Waals surface area contributed by atoms with Crippen LogP contribution in [0.1, 0.15) is 23.3 Å². The van der Waals surface area contributed by atoms with Gasteiger partial charge in [-0.25, -0.2) is 4.98 Å². The molecule has 6 nitrogen and oxygen atoms in total. The second-order valence-corrected chi connectivity index (χ2v) is 7.51. The molecule has 1 unspecified atom stereocenters. The average molecular weight is 393 g/mol. The molecular weight excluding hydrogens is 372 g/mol. The summed E-state index contributed by atoms with van der Waals surface area (Å²) in [4.78, 5) is 31.1. The van der Waals surface area contributed by atoms with Crippen LogP contribution in [0, 0.1) is 5.92 Å². The first-order valence-corrected chi connectivity index (χ1v) is 9.82. The van der Waals surface area contributed by atoms with Gasteiger partial charge in [0.2, 0.25) is 5.91 Å². The Labute approximate surface area is 161 Å². The van der Waals surface area contributed by atoms with Crippen molar-refractivity contribution >= 4 is 34.8 Å². The van der Waals surface area contributed by atoms with E-state index in [0.717, 1.165) is 23.4 Å². The monoisotopic (exact) mass is 392 g/mol. The molecule has 0 aliphatic carbocycles. The SMILES string of the molecule is NCCNC(=O)C1CCCN(C(=O)c2csc(-c3cccc(Cl)c3)n2)C1. The van der Waals surface area contributed by atoms with Gasteiger partial charge >= 0.3 is 0 Å². The summed E-state index contributed by atoms with van der Waals surface area (Å²) in [5.74, 6) is -0.359. The molecule has 2 aromatic rings. The first kappa shape index (κ1) is 18.8. The number of carbonyl (C=O) groups excluding carboxylic acids is 2. The van der Waals surface area contributed by atoms with Crippen LogP contribution in [-0.4, -0.2) is 47.9 Å². The Balaban J connectivity index is 1.68. The lowest BCUT2D eigenvalue weighted by Crippen LogP contribution is -2.46. The van der Waals surface area contributed by atoms with Crippen molar-refractivity contribution in [3.63, 3.8) is 0 Å². The molecule has 1 aliphatic heterocycles. The molecule has 138 valence electrons. The number of hydrogen-bond acceptors (Lipinski definition) is 5. The number of nitrogens with one attached hydrogen (secondary N) is 1. The van der Waals surface area contributed by atoms with Crippen molar-refractivity contribution in [2.45, 2.75) is 12.8 Å². The van der Waals surface area contributed by atoms with E-state index in [1.165, 1.54) is 11.3 Å². The number of nitrogens with zero attached hydrogens (tertiary/aromatic N) is 2. The van der Waals surface area contributed by atoms with Gasteiger partial charge in [-0.1, -0.05) is 23.7 Å². The summed E-state index contributed by atoms with van der Waals surface area (Å²) in [7, 11) is 0. The zero-order valence-electron chi connectivity index (χ0n) is 14.3. The van der Waals surface area contributed by atoms with Gasteiger partial charge in [-0.2, -0.15) is 0 Å². The second kappa shape index (κ2) is 8.62. The molecule has 1 atom stereocenters. The minimum Gasteiger partial charge on any atom is -0.355 e. The zero-order valence-corrected chi connectivity index (χ0v) is 15.9. The summed E-state index contributed by atoms with van der Waals surface area (Å²) in [5, 5.41) is 5.95. The average Bonchev–Trinajstić information content (AvgIpc) is 3.16. The predicted octanol–water partition coefficient (Wildman–Crippen LogP) is 2.39. The van der Waals surface area contributed by atoms with Gasteiger partial charge in [0, 0.05) is 42.1 Å². The fraction of sp³-hybridized carbons (Fsp3) is 0.389. The zero-order chi connectivity index (χ0) is 18.5. The Kier molecular flexibility index (Phi) is 6.24. The van der Waals surface area contributed by atoms with Gasteiger partial charge in [-0.05, 0) is 25.0 Å². The van der Waals surface area contributed by atoms with Crippen LogP contribution >= 0.6 is 22.9 Å². The lowest BCUT2D eigenvalue weighted by molar-refractivity contribution is -0.126. The van der Waals surface area contributed by atoms with Gasteiger partial charge in [-0.3, -0.25) is 9.59 Å². The van der Waals surface area contributed by atoms with E-state index in [-0.39, 0.29) is 17.7 Å². The molecule has 0 saturated carbocycles. The van der Waals surface area contributed by atoms with Gasteiger partial charge in [0.05, 0.1) is 5.92 Å². The summed E-state index contributed by atoms with van der Waals surface area (Å²) < 4.78 is 0. The van der Waals surface area contributed by atoms with Crippen LogP contribution in [0.2, 0.25) is 5.02 Å². The Morgan fingerprint density at radius 2 is 2.27 bits per heavy atom. The maximum atomic E-state index is 12.8. The fourth-order valence-corrected chi connectivity index (χ4v) is 3.98. The molecule has 1 fully saturated rings. The molecule has 26 heavy (non-hydrogen) atoms. The third-order valence-electron chi connectivity index (χ3n) is 4.32. The molecule has 2 amide bonds. The van der Waals surface area contributed by atoms with Crippen molar-refractivity contribution in [1.82, 2.24) is 15.2 Å². The number of amides is 2. The van der Waals surface area contributed by atoms with Crippen molar-refractivity contribution in [2.24, 2.45) is 11.7 Å². The highest BCUT2D eigenvalue weighted by Gasteiger charge is 2.29. The van der Waals surface area contributed by atoms with Gasteiger partial charge in [-0.15, -0.1) is 11.3 Å². The Hall–Kier alpha value is -1.96. The number of piperidine rings is 1. The standard InChI is InChI=1S/C18H21ClN4O2S/c19-14-5-1-3-12(9-14)17-22-15(11-26-17)18(25)23-8-2-4-13(10-23)16(24)21-7-6-20/h1,3,5,9,11,13H,2,4,6-8,10,20H2,(H,21,24). The number of nitrogens with two attached hydrogens (primary N) is 1. The Bertz CT molecular complexity index is 795. The molecule has 1 saturated heterocycles. The molecule has 1 aromatic carbocycles. The van der Waals surface area contributed by atoms with Crippen LogP contribution in [0.4, 0.5) is 0 Å². The molecule has 3 N–H and O–H groups in total. The third-order valence-corrected chi connectivity index (χ3v) is 5.44. The fourth-order valence-electron chi connectivity index (χ4n) is 3.00. The van der Waals surface area contributed by atoms with Gasteiger partial charge in [0.25, 0.3) is 5.91 Å². The van der Waals surface area contributed by atoms with Crippen LogP contribution in [0.15, 0.2) is 29.6 Å². The molecule has 1 aliphatic rings. The van der Waals surface area contributed by atoms with Crippen LogP contribution in [0.5, 0.6) is 0 Å². The van der Waals surface area contributed by atoms with Gasteiger partial charge < -0.3 is 16.0 Å². The number of aromatic nitrogens is 1. The lowest BCUT2D eigenvalue weighted by Gasteiger charge is -2.31. The number of benzene rings is 1. The third kappa shape index (κ3) is 4.41. The van der Waals surface area contributed by atoms with Crippen molar-refractivity contribution < 1.29 is 9.59 Å². The summed E-state index contributed by atoms with van der Waals surface area (Å²) in [5.41, 5.74) is 6.72. The van der Waals surface area contributed by atoms with Crippen molar-refractivity contribution in [2.75, 3.05) is 26.2 Å². The van der Waals surface area contributed by atoms with Crippen molar-refractivity contribution in [3.05, 3.63) is 40.4 Å². The van der Waals surface area contributed by atoms with Crippen LogP contribution < -0.4 is 11.1 Å². The van der Waals surface area contributed by atoms with E-state index in [4.69, 9.17) is 17.3 Å². The van der Waals surface area contributed by atoms with Gasteiger partial charge in [0.1, 0.15) is 10.7 Å². The van der Waals surface area contributed by atoms with Crippen LogP contribution in [0.25, 0.3) is 10.6 Å². The highest BCUT2D eigenvalue weighted by atomic mass is 35.5. The number of likely N-dealkylation sites (tertiary alicyclic amines) is 1. The molecule has 8 heteroatoms. The Morgan fingerprint density at radius 3 is 3.04 bits per heavy atom. The van der Waals surface area contributed by atoms with Crippen molar-refractivity contribution in [3.8, 4) is 10.6 Å². The molecular formula is C18H21ClN4O2S. The largest absolute Gasteiger partial charge is 0.355 e. The molecule has 0 radical (unpaired) electrons. The normalized spacial score (nSPS) is 17.2. The van der Waals surface area contributed by atoms with E-state index in [0.29, 0.717) is 36.9 Å². The Morgan fingerprint density at radius 1 is 1.42 bits per heavy atom. The smallest absolute Gasteiger partial charge is 0.273 e. The van der Waals surface area contributed by atoms with E-state index in [1.807, 2.05) is 18.2 Å². The number of halogens is 1. The van der Waals surface area contributed by atoms with E-state index in [9.17, 15) is 9.59 Å². The number of thiazole rings is 1. The maximum Gasteiger partial charge on any atom is 0.273 e. The maximum absolute atomic E-state index is 12.8.